The molecule has 2 rings (SSSR count). The smallest absolute Gasteiger partial charge is 0.240 e. The molecule has 1 aromatic heterocycles. The first kappa shape index (κ1) is 11.7. The van der Waals surface area contributed by atoms with E-state index < -0.39 is 0 Å². The van der Waals surface area contributed by atoms with Gasteiger partial charge in [-0.1, -0.05) is 16.8 Å². The van der Waals surface area contributed by atoms with Crippen LogP contribution in [-0.2, 0) is 6.54 Å². The van der Waals surface area contributed by atoms with Crippen LogP contribution < -0.4 is 10.5 Å². The Kier molecular flexibility index (Phi) is 3.16. The van der Waals surface area contributed by atoms with Gasteiger partial charge in [-0.2, -0.15) is 4.98 Å². The van der Waals surface area contributed by atoms with E-state index in [1.54, 1.807) is 6.07 Å². The number of methoxy groups -OCH3 is 1. The van der Waals surface area contributed by atoms with Crippen LogP contribution in [0.2, 0.25) is 5.02 Å². The zero-order valence-electron chi connectivity index (χ0n) is 8.98. The van der Waals surface area contributed by atoms with Gasteiger partial charge in [-0.05, 0) is 6.07 Å². The third-order valence-electron chi connectivity index (χ3n) is 2.16. The Balaban J connectivity index is 2.53. The maximum absolute atomic E-state index is 9.81. The third kappa shape index (κ3) is 2.17. The summed E-state index contributed by atoms with van der Waals surface area (Å²) in [5, 5.41) is 13.7. The molecule has 0 unspecified atom stereocenters. The van der Waals surface area contributed by atoms with Crippen LogP contribution in [0.4, 0.5) is 0 Å². The maximum atomic E-state index is 9.81. The number of aromatic hydroxyl groups is 1. The molecule has 2 aromatic rings. The minimum absolute atomic E-state index is 0.128. The first-order chi connectivity index (χ1) is 8.15. The summed E-state index contributed by atoms with van der Waals surface area (Å²) in [7, 11) is 1.49. The number of rotatable bonds is 3. The zero-order chi connectivity index (χ0) is 12.4. The average Bonchev–Trinajstić information content (AvgIpc) is 2.81. The minimum Gasteiger partial charge on any atom is -0.506 e. The summed E-state index contributed by atoms with van der Waals surface area (Å²) in [4.78, 5) is 4.00. The molecule has 0 radical (unpaired) electrons. The average molecular weight is 256 g/mol. The van der Waals surface area contributed by atoms with Crippen molar-refractivity contribution in [3.8, 4) is 22.9 Å². The van der Waals surface area contributed by atoms with E-state index in [-0.39, 0.29) is 29.0 Å². The van der Waals surface area contributed by atoms with Crippen molar-refractivity contribution >= 4 is 11.6 Å². The van der Waals surface area contributed by atoms with E-state index in [2.05, 4.69) is 10.1 Å². The molecule has 6 nitrogen and oxygen atoms in total. The molecule has 0 saturated heterocycles. The van der Waals surface area contributed by atoms with Crippen LogP contribution in [0.5, 0.6) is 11.5 Å². The van der Waals surface area contributed by atoms with Crippen molar-refractivity contribution in [2.45, 2.75) is 6.54 Å². The molecule has 0 bridgehead atoms. The largest absolute Gasteiger partial charge is 0.506 e. The molecular weight excluding hydrogens is 246 g/mol. The Morgan fingerprint density at radius 2 is 2.29 bits per heavy atom. The van der Waals surface area contributed by atoms with Gasteiger partial charge in [0.05, 0.1) is 24.2 Å². The number of phenols is 1. The van der Waals surface area contributed by atoms with E-state index in [1.807, 2.05) is 0 Å². The third-order valence-corrected chi connectivity index (χ3v) is 2.44. The molecule has 1 heterocycles. The van der Waals surface area contributed by atoms with Gasteiger partial charge in [0.1, 0.15) is 11.5 Å². The Labute approximate surface area is 102 Å². The van der Waals surface area contributed by atoms with Crippen molar-refractivity contribution in [1.29, 1.82) is 0 Å². The van der Waals surface area contributed by atoms with E-state index in [1.165, 1.54) is 13.2 Å². The van der Waals surface area contributed by atoms with Crippen molar-refractivity contribution in [3.05, 3.63) is 23.0 Å². The quantitative estimate of drug-likeness (QED) is 0.864. The Morgan fingerprint density at radius 1 is 1.53 bits per heavy atom. The second-order valence-corrected chi connectivity index (χ2v) is 3.63. The van der Waals surface area contributed by atoms with Gasteiger partial charge in [-0.3, -0.25) is 0 Å². The number of nitrogens with two attached hydrogens (primary N) is 1. The molecule has 7 heteroatoms. The molecule has 0 saturated carbocycles. The highest BCUT2D eigenvalue weighted by atomic mass is 35.5. The molecular formula is C10H10ClN3O3. The van der Waals surface area contributed by atoms with Crippen LogP contribution in [0.1, 0.15) is 5.89 Å². The summed E-state index contributed by atoms with van der Waals surface area (Å²) in [6, 6.07) is 3.05. The number of benzene rings is 1. The lowest BCUT2D eigenvalue weighted by atomic mass is 10.2. The Bertz CT molecular complexity index is 542. The minimum atomic E-state index is -0.128. The predicted octanol–water partition coefficient (Wildman–Crippen LogP) is 1.56. The molecule has 3 N–H and O–H groups in total. The molecule has 17 heavy (non-hydrogen) atoms. The molecule has 0 aliphatic carbocycles. The highest BCUT2D eigenvalue weighted by Crippen LogP contribution is 2.37. The maximum Gasteiger partial charge on any atom is 0.240 e. The lowest BCUT2D eigenvalue weighted by molar-refractivity contribution is 0.380. The topological polar surface area (TPSA) is 94.4 Å². The van der Waals surface area contributed by atoms with Gasteiger partial charge in [-0.15, -0.1) is 0 Å². The molecule has 0 atom stereocenters. The van der Waals surface area contributed by atoms with E-state index in [0.717, 1.165) is 0 Å². The first-order valence-corrected chi connectivity index (χ1v) is 5.13. The highest BCUT2D eigenvalue weighted by Gasteiger charge is 2.16. The lowest BCUT2D eigenvalue weighted by Crippen LogP contribution is -1.95. The number of hydrogen-bond acceptors (Lipinski definition) is 6. The van der Waals surface area contributed by atoms with Crippen molar-refractivity contribution in [2.75, 3.05) is 7.11 Å². The van der Waals surface area contributed by atoms with Crippen LogP contribution in [0.25, 0.3) is 11.4 Å². The second kappa shape index (κ2) is 4.60. The Hall–Kier alpha value is -1.79. The van der Waals surface area contributed by atoms with Crippen LogP contribution >= 0.6 is 11.6 Å². The van der Waals surface area contributed by atoms with Crippen LogP contribution in [0.3, 0.4) is 0 Å². The van der Waals surface area contributed by atoms with Gasteiger partial charge in [0.15, 0.2) is 0 Å². The fraction of sp³-hybridized carbons (Fsp3) is 0.200. The number of ether oxygens (including phenoxy) is 1. The molecule has 0 amide bonds. The standard InChI is InChI=1S/C10H10ClN3O3/c1-16-5-2-6(9(15)7(11)3-5)10-13-8(4-12)17-14-10/h2-3,15H,4,12H2,1H3. The second-order valence-electron chi connectivity index (χ2n) is 3.22. The van der Waals surface area contributed by atoms with E-state index in [0.29, 0.717) is 11.3 Å². The van der Waals surface area contributed by atoms with Gasteiger partial charge in [0.2, 0.25) is 11.7 Å². The van der Waals surface area contributed by atoms with Gasteiger partial charge in [0, 0.05) is 6.07 Å². The van der Waals surface area contributed by atoms with Crippen LogP contribution in [0.15, 0.2) is 16.7 Å². The van der Waals surface area contributed by atoms with Gasteiger partial charge in [-0.25, -0.2) is 0 Å². The molecule has 0 aliphatic rings. The van der Waals surface area contributed by atoms with Crippen molar-refractivity contribution in [1.82, 2.24) is 10.1 Å². The Morgan fingerprint density at radius 3 is 2.88 bits per heavy atom. The van der Waals surface area contributed by atoms with Gasteiger partial charge < -0.3 is 20.1 Å². The van der Waals surface area contributed by atoms with Crippen molar-refractivity contribution < 1.29 is 14.4 Å². The van der Waals surface area contributed by atoms with Crippen LogP contribution in [-0.4, -0.2) is 22.4 Å². The molecule has 90 valence electrons. The molecule has 0 spiro atoms. The van der Waals surface area contributed by atoms with Crippen molar-refractivity contribution in [2.24, 2.45) is 5.73 Å². The molecule has 0 fully saturated rings. The number of nitrogens with zero attached hydrogens (tertiary/aromatic N) is 2. The predicted molar refractivity (Wildman–Crippen MR) is 60.9 cm³/mol. The number of phenolic OH excluding ortho intramolecular Hbond substituents is 1. The SMILES string of the molecule is COc1cc(Cl)c(O)c(-c2noc(CN)n2)c1. The van der Waals surface area contributed by atoms with E-state index >= 15 is 0 Å². The highest BCUT2D eigenvalue weighted by molar-refractivity contribution is 6.32. The monoisotopic (exact) mass is 255 g/mol. The summed E-state index contributed by atoms with van der Waals surface area (Å²) < 4.78 is 9.89. The van der Waals surface area contributed by atoms with E-state index in [4.69, 9.17) is 26.6 Å². The normalized spacial score (nSPS) is 10.5. The summed E-state index contributed by atoms with van der Waals surface area (Å²) >= 11 is 5.85. The number of aromatic nitrogens is 2. The summed E-state index contributed by atoms with van der Waals surface area (Å²) in [6.07, 6.45) is 0. The molecule has 1 aromatic carbocycles. The zero-order valence-corrected chi connectivity index (χ0v) is 9.73. The number of halogens is 1. The number of hydrogen-bond donors (Lipinski definition) is 2. The van der Waals surface area contributed by atoms with Gasteiger partial charge >= 0.3 is 0 Å². The summed E-state index contributed by atoms with van der Waals surface area (Å²) in [5.74, 6) is 0.848. The fourth-order valence-corrected chi connectivity index (χ4v) is 1.52. The van der Waals surface area contributed by atoms with Crippen LogP contribution in [0, 0.1) is 0 Å². The van der Waals surface area contributed by atoms with Crippen molar-refractivity contribution in [3.63, 3.8) is 0 Å². The fourth-order valence-electron chi connectivity index (χ4n) is 1.31. The van der Waals surface area contributed by atoms with Gasteiger partial charge in [0.25, 0.3) is 0 Å². The summed E-state index contributed by atoms with van der Waals surface area (Å²) in [5.41, 5.74) is 5.69. The lowest BCUT2D eigenvalue weighted by Gasteiger charge is -2.05. The first-order valence-electron chi connectivity index (χ1n) is 4.75. The van der Waals surface area contributed by atoms with E-state index in [9.17, 15) is 5.11 Å². The molecule has 0 aliphatic heterocycles. The summed E-state index contributed by atoms with van der Waals surface area (Å²) in [6.45, 7) is 0.130.